The van der Waals surface area contributed by atoms with Crippen molar-refractivity contribution in [3.8, 4) is 23.0 Å². The van der Waals surface area contributed by atoms with Gasteiger partial charge < -0.3 is 29.5 Å². The highest BCUT2D eigenvalue weighted by molar-refractivity contribution is 6.38. The highest BCUT2D eigenvalue weighted by Crippen LogP contribution is 2.49. The number of carbonyl (C=O) groups excluding carboxylic acids is 1. The lowest BCUT2D eigenvalue weighted by atomic mass is 10.0. The predicted molar refractivity (Wildman–Crippen MR) is 75.5 cm³/mol. The summed E-state index contributed by atoms with van der Waals surface area (Å²) >= 11 is 0. The molecule has 2 heterocycles. The van der Waals surface area contributed by atoms with Crippen LogP contribution in [0, 0.1) is 0 Å². The van der Waals surface area contributed by atoms with Crippen molar-refractivity contribution >= 4 is 11.6 Å². The number of fused-ring (bicyclic) bond motifs is 1. The first kappa shape index (κ1) is 14.3. The lowest BCUT2D eigenvalue weighted by Crippen LogP contribution is -2.23. The molecule has 1 aromatic rings. The summed E-state index contributed by atoms with van der Waals surface area (Å²) in [6.07, 6.45) is 0.535. The minimum atomic E-state index is -0.572. The van der Waals surface area contributed by atoms with E-state index in [0.29, 0.717) is 35.8 Å². The molecule has 1 aromatic carbocycles. The van der Waals surface area contributed by atoms with E-state index in [1.165, 1.54) is 7.11 Å². The Morgan fingerprint density at radius 1 is 1.36 bits per heavy atom. The van der Waals surface area contributed by atoms with E-state index in [1.54, 1.807) is 7.11 Å². The van der Waals surface area contributed by atoms with Crippen LogP contribution in [0.4, 0.5) is 0 Å². The van der Waals surface area contributed by atoms with Gasteiger partial charge in [0.05, 0.1) is 14.2 Å². The number of rotatable bonds is 5. The maximum Gasteiger partial charge on any atom is 0.266 e. The Kier molecular flexibility index (Phi) is 3.66. The van der Waals surface area contributed by atoms with Gasteiger partial charge >= 0.3 is 0 Å². The fraction of sp³-hybridized carbons (Fsp3) is 0.429. The summed E-state index contributed by atoms with van der Waals surface area (Å²) in [5, 5.41) is 3.70. The first-order chi connectivity index (χ1) is 10.6. The highest BCUT2D eigenvalue weighted by atomic mass is 16.7. The SMILES string of the molecule is COc1c(C[C@@H]2CC(C(N)=O)=NO2)cc2c(c1OC)OCO2. The molecule has 0 radical (unpaired) electrons. The van der Waals surface area contributed by atoms with Gasteiger partial charge in [0.2, 0.25) is 18.3 Å². The Morgan fingerprint density at radius 3 is 2.77 bits per heavy atom. The van der Waals surface area contributed by atoms with E-state index >= 15 is 0 Å². The minimum Gasteiger partial charge on any atom is -0.492 e. The number of amides is 1. The first-order valence-electron chi connectivity index (χ1n) is 6.70. The molecule has 2 N–H and O–H groups in total. The lowest BCUT2D eigenvalue weighted by Gasteiger charge is -2.16. The lowest BCUT2D eigenvalue weighted by molar-refractivity contribution is -0.112. The van der Waals surface area contributed by atoms with Gasteiger partial charge in [-0.15, -0.1) is 0 Å². The van der Waals surface area contributed by atoms with Crippen LogP contribution in [-0.2, 0) is 16.1 Å². The van der Waals surface area contributed by atoms with Crippen molar-refractivity contribution in [2.75, 3.05) is 21.0 Å². The normalized spacial score (nSPS) is 18.6. The van der Waals surface area contributed by atoms with Crippen LogP contribution in [0.1, 0.15) is 12.0 Å². The maximum absolute atomic E-state index is 11.1. The van der Waals surface area contributed by atoms with Gasteiger partial charge in [-0.3, -0.25) is 4.79 Å². The number of nitrogens with two attached hydrogens (primary N) is 1. The standard InChI is InChI=1S/C14H16N2O6/c1-18-11-7(3-8-5-9(14(15)17)16-22-8)4-10-12(13(11)19-2)21-6-20-10/h4,8H,3,5-6H2,1-2H3,(H2,15,17)/t8-/m1/s1. The summed E-state index contributed by atoms with van der Waals surface area (Å²) in [6.45, 7) is 0.132. The topological polar surface area (TPSA) is 102 Å². The number of carbonyl (C=O) groups is 1. The number of nitrogens with zero attached hydrogens (tertiary/aromatic N) is 1. The highest BCUT2D eigenvalue weighted by Gasteiger charge is 2.30. The van der Waals surface area contributed by atoms with Crippen LogP contribution in [0.5, 0.6) is 23.0 Å². The molecule has 2 aliphatic rings. The number of hydrogen-bond acceptors (Lipinski definition) is 7. The van der Waals surface area contributed by atoms with Crippen LogP contribution in [0.15, 0.2) is 11.2 Å². The summed E-state index contributed by atoms with van der Waals surface area (Å²) in [5.74, 6) is 1.55. The molecular weight excluding hydrogens is 292 g/mol. The monoisotopic (exact) mass is 308 g/mol. The van der Waals surface area contributed by atoms with Crippen LogP contribution >= 0.6 is 0 Å². The summed E-state index contributed by atoms with van der Waals surface area (Å²) < 4.78 is 21.6. The molecule has 8 nitrogen and oxygen atoms in total. The largest absolute Gasteiger partial charge is 0.492 e. The van der Waals surface area contributed by atoms with E-state index in [0.717, 1.165) is 5.56 Å². The Balaban J connectivity index is 1.87. The Morgan fingerprint density at radius 2 is 2.14 bits per heavy atom. The third kappa shape index (κ3) is 2.36. The predicted octanol–water partition coefficient (Wildman–Crippen LogP) is 0.605. The molecule has 0 spiro atoms. The van der Waals surface area contributed by atoms with Gasteiger partial charge in [0.15, 0.2) is 11.5 Å². The Labute approximate surface area is 126 Å². The molecule has 0 saturated carbocycles. The van der Waals surface area contributed by atoms with E-state index in [2.05, 4.69) is 5.16 Å². The molecule has 1 atom stereocenters. The average molecular weight is 308 g/mol. The van der Waals surface area contributed by atoms with Gasteiger partial charge in [-0.1, -0.05) is 5.16 Å². The van der Waals surface area contributed by atoms with Crippen molar-refractivity contribution in [3.63, 3.8) is 0 Å². The molecule has 0 fully saturated rings. The van der Waals surface area contributed by atoms with Gasteiger partial charge in [0.1, 0.15) is 11.8 Å². The molecule has 22 heavy (non-hydrogen) atoms. The van der Waals surface area contributed by atoms with Crippen molar-refractivity contribution in [1.82, 2.24) is 0 Å². The van der Waals surface area contributed by atoms with Crippen molar-refractivity contribution in [2.45, 2.75) is 18.9 Å². The molecule has 0 saturated heterocycles. The molecular formula is C14H16N2O6. The third-order valence-electron chi connectivity index (χ3n) is 3.52. The van der Waals surface area contributed by atoms with Gasteiger partial charge in [-0.2, -0.15) is 0 Å². The number of hydrogen-bond donors (Lipinski definition) is 1. The smallest absolute Gasteiger partial charge is 0.266 e. The van der Waals surface area contributed by atoms with Crippen molar-refractivity contribution < 1.29 is 28.6 Å². The van der Waals surface area contributed by atoms with Crippen LogP contribution in [0.2, 0.25) is 0 Å². The molecule has 3 rings (SSSR count). The number of oxime groups is 1. The molecule has 0 aliphatic carbocycles. The fourth-order valence-electron chi connectivity index (χ4n) is 2.54. The van der Waals surface area contributed by atoms with E-state index in [9.17, 15) is 4.79 Å². The average Bonchev–Trinajstić information content (AvgIpc) is 3.14. The summed E-state index contributed by atoms with van der Waals surface area (Å²) in [6, 6.07) is 1.81. The fourth-order valence-corrected chi connectivity index (χ4v) is 2.54. The first-order valence-corrected chi connectivity index (χ1v) is 6.70. The molecule has 0 bridgehead atoms. The van der Waals surface area contributed by atoms with E-state index in [-0.39, 0.29) is 18.6 Å². The zero-order chi connectivity index (χ0) is 15.7. The number of primary amides is 1. The molecule has 8 heteroatoms. The third-order valence-corrected chi connectivity index (χ3v) is 3.52. The van der Waals surface area contributed by atoms with E-state index in [4.69, 9.17) is 29.5 Å². The van der Waals surface area contributed by atoms with Gasteiger partial charge in [-0.05, 0) is 6.07 Å². The van der Waals surface area contributed by atoms with Crippen molar-refractivity contribution in [1.29, 1.82) is 0 Å². The maximum atomic E-state index is 11.1. The molecule has 118 valence electrons. The zero-order valence-electron chi connectivity index (χ0n) is 12.3. The zero-order valence-corrected chi connectivity index (χ0v) is 12.3. The molecule has 1 amide bonds. The molecule has 0 unspecified atom stereocenters. The Bertz CT molecular complexity index is 643. The van der Waals surface area contributed by atoms with Crippen LogP contribution < -0.4 is 24.7 Å². The van der Waals surface area contributed by atoms with Crippen LogP contribution in [0.25, 0.3) is 0 Å². The van der Waals surface area contributed by atoms with Gasteiger partial charge in [0.25, 0.3) is 5.91 Å². The van der Waals surface area contributed by atoms with E-state index in [1.807, 2.05) is 6.07 Å². The van der Waals surface area contributed by atoms with Gasteiger partial charge in [-0.25, -0.2) is 0 Å². The second-order valence-electron chi connectivity index (χ2n) is 4.87. The molecule has 2 aliphatic heterocycles. The number of benzene rings is 1. The van der Waals surface area contributed by atoms with Crippen LogP contribution in [-0.4, -0.2) is 38.7 Å². The van der Waals surface area contributed by atoms with E-state index < -0.39 is 5.91 Å². The van der Waals surface area contributed by atoms with Gasteiger partial charge in [0, 0.05) is 18.4 Å². The second-order valence-corrected chi connectivity index (χ2v) is 4.87. The Hall–Kier alpha value is -2.64. The van der Waals surface area contributed by atoms with Crippen molar-refractivity contribution in [3.05, 3.63) is 11.6 Å². The number of methoxy groups -OCH3 is 2. The summed E-state index contributed by atoms with van der Waals surface area (Å²) in [5.41, 5.74) is 6.25. The van der Waals surface area contributed by atoms with Crippen molar-refractivity contribution in [2.24, 2.45) is 10.9 Å². The summed E-state index contributed by atoms with van der Waals surface area (Å²) in [4.78, 5) is 16.3. The molecule has 0 aromatic heterocycles. The minimum absolute atomic E-state index is 0.132. The summed E-state index contributed by atoms with van der Waals surface area (Å²) in [7, 11) is 3.08. The second kappa shape index (κ2) is 5.63. The quantitative estimate of drug-likeness (QED) is 0.855. The van der Waals surface area contributed by atoms with Crippen LogP contribution in [0.3, 0.4) is 0 Å². The number of ether oxygens (including phenoxy) is 4.